The molecule has 2 rings (SSSR count). The summed E-state index contributed by atoms with van der Waals surface area (Å²) in [6.45, 7) is 5.41. The Bertz CT molecular complexity index is 663. The highest BCUT2D eigenvalue weighted by Gasteiger charge is 2.15. The van der Waals surface area contributed by atoms with Crippen LogP contribution < -0.4 is 14.2 Å². The van der Waals surface area contributed by atoms with Crippen LogP contribution in [0.3, 0.4) is 0 Å². The van der Waals surface area contributed by atoms with E-state index in [9.17, 15) is 15.3 Å². The first-order valence-electron chi connectivity index (χ1n) is 8.36. The molecule has 0 fully saturated rings. The minimum absolute atomic E-state index is 0.147. The lowest BCUT2D eigenvalue weighted by Gasteiger charge is -2.18. The molecule has 2 aromatic rings. The molecule has 25 heavy (non-hydrogen) atoms. The third kappa shape index (κ3) is 5.49. The van der Waals surface area contributed by atoms with Crippen LogP contribution in [0.25, 0.3) is 10.8 Å². The maximum Gasteiger partial charge on any atom is 0.131 e. The Morgan fingerprint density at radius 2 is 1.12 bits per heavy atom. The smallest absolute Gasteiger partial charge is 0.131 e. The van der Waals surface area contributed by atoms with Gasteiger partial charge in [0.25, 0.3) is 0 Å². The standard InChI is InChI=1S/C19H26O6/c1-12(20)9-23-16-7-8-18(25-11-14(3)22)19-15(16)5-4-6-17(19)24-10-13(2)21/h4-8,12-14,20-22H,9-11H2,1-3H3. The predicted molar refractivity (Wildman–Crippen MR) is 95.5 cm³/mol. The van der Waals surface area contributed by atoms with E-state index in [1.54, 1.807) is 39.0 Å². The summed E-state index contributed by atoms with van der Waals surface area (Å²) >= 11 is 0. The molecule has 0 bridgehead atoms. The Labute approximate surface area is 147 Å². The van der Waals surface area contributed by atoms with Crippen LogP contribution in [-0.2, 0) is 0 Å². The minimum Gasteiger partial charge on any atom is -0.490 e. The monoisotopic (exact) mass is 350 g/mol. The lowest BCUT2D eigenvalue weighted by Crippen LogP contribution is -2.15. The van der Waals surface area contributed by atoms with Crippen LogP contribution >= 0.6 is 0 Å². The van der Waals surface area contributed by atoms with Crippen molar-refractivity contribution in [3.8, 4) is 17.2 Å². The second-order valence-electron chi connectivity index (χ2n) is 6.22. The van der Waals surface area contributed by atoms with Gasteiger partial charge in [0.05, 0.1) is 23.7 Å². The summed E-state index contributed by atoms with van der Waals surface area (Å²) in [5.74, 6) is 1.71. The summed E-state index contributed by atoms with van der Waals surface area (Å²) < 4.78 is 17.1. The van der Waals surface area contributed by atoms with Crippen molar-refractivity contribution in [3.05, 3.63) is 30.3 Å². The maximum atomic E-state index is 9.49. The average molecular weight is 350 g/mol. The third-order valence-electron chi connectivity index (χ3n) is 3.36. The van der Waals surface area contributed by atoms with Crippen molar-refractivity contribution in [1.29, 1.82) is 0 Å². The summed E-state index contributed by atoms with van der Waals surface area (Å²) in [5.41, 5.74) is 0. The molecule has 2 aromatic carbocycles. The van der Waals surface area contributed by atoms with Gasteiger partial charge >= 0.3 is 0 Å². The van der Waals surface area contributed by atoms with Gasteiger partial charge in [-0.2, -0.15) is 0 Å². The Balaban J connectivity index is 2.45. The fourth-order valence-electron chi connectivity index (χ4n) is 2.31. The van der Waals surface area contributed by atoms with Crippen LogP contribution in [0, 0.1) is 0 Å². The van der Waals surface area contributed by atoms with E-state index in [4.69, 9.17) is 14.2 Å². The van der Waals surface area contributed by atoms with Crippen molar-refractivity contribution in [3.63, 3.8) is 0 Å². The highest BCUT2D eigenvalue weighted by atomic mass is 16.5. The first-order valence-corrected chi connectivity index (χ1v) is 8.36. The molecular formula is C19H26O6. The Hall–Kier alpha value is -2.02. The van der Waals surface area contributed by atoms with Gasteiger partial charge in [0.1, 0.15) is 37.1 Å². The van der Waals surface area contributed by atoms with Crippen molar-refractivity contribution >= 4 is 10.8 Å². The largest absolute Gasteiger partial charge is 0.490 e. The van der Waals surface area contributed by atoms with Gasteiger partial charge < -0.3 is 29.5 Å². The van der Waals surface area contributed by atoms with E-state index in [1.807, 2.05) is 12.1 Å². The van der Waals surface area contributed by atoms with Gasteiger partial charge in [-0.15, -0.1) is 0 Å². The lowest BCUT2D eigenvalue weighted by atomic mass is 10.1. The molecule has 0 saturated heterocycles. The second kappa shape index (κ2) is 8.89. The van der Waals surface area contributed by atoms with E-state index >= 15 is 0 Å². The first kappa shape index (κ1) is 19.3. The van der Waals surface area contributed by atoms with E-state index < -0.39 is 18.3 Å². The molecule has 6 heteroatoms. The zero-order valence-electron chi connectivity index (χ0n) is 14.8. The summed E-state index contributed by atoms with van der Waals surface area (Å²) in [6, 6.07) is 9.00. The van der Waals surface area contributed by atoms with Crippen molar-refractivity contribution in [1.82, 2.24) is 0 Å². The molecule has 3 atom stereocenters. The minimum atomic E-state index is -0.605. The number of hydrogen-bond donors (Lipinski definition) is 3. The number of aliphatic hydroxyl groups is 3. The highest BCUT2D eigenvalue weighted by Crippen LogP contribution is 2.39. The van der Waals surface area contributed by atoms with Crippen LogP contribution in [0.2, 0.25) is 0 Å². The van der Waals surface area contributed by atoms with Crippen LogP contribution in [0.1, 0.15) is 20.8 Å². The van der Waals surface area contributed by atoms with Gasteiger partial charge in [0, 0.05) is 5.39 Å². The van der Waals surface area contributed by atoms with Crippen LogP contribution in [0.5, 0.6) is 17.2 Å². The highest BCUT2D eigenvalue weighted by molar-refractivity contribution is 5.98. The van der Waals surface area contributed by atoms with Crippen molar-refractivity contribution < 1.29 is 29.5 Å². The Morgan fingerprint density at radius 1 is 0.680 bits per heavy atom. The SMILES string of the molecule is CC(O)COc1ccc(OCC(C)O)c2c(OCC(C)O)cccc12. The molecule has 0 aliphatic heterocycles. The fourth-order valence-corrected chi connectivity index (χ4v) is 2.31. The molecule has 138 valence electrons. The molecule has 0 aromatic heterocycles. The number of ether oxygens (including phenoxy) is 3. The van der Waals surface area contributed by atoms with E-state index in [1.165, 1.54) is 0 Å². The molecule has 0 radical (unpaired) electrons. The second-order valence-corrected chi connectivity index (χ2v) is 6.22. The van der Waals surface area contributed by atoms with E-state index in [-0.39, 0.29) is 19.8 Å². The molecule has 0 amide bonds. The first-order chi connectivity index (χ1) is 11.9. The number of rotatable bonds is 9. The van der Waals surface area contributed by atoms with E-state index in [0.717, 1.165) is 5.39 Å². The molecule has 0 aliphatic rings. The van der Waals surface area contributed by atoms with Crippen LogP contribution in [0.15, 0.2) is 30.3 Å². The van der Waals surface area contributed by atoms with Crippen molar-refractivity contribution in [2.24, 2.45) is 0 Å². The summed E-state index contributed by atoms with van der Waals surface area (Å²) in [4.78, 5) is 0. The molecule has 3 unspecified atom stereocenters. The number of benzene rings is 2. The quantitative estimate of drug-likeness (QED) is 0.642. The normalized spacial score (nSPS) is 14.8. The van der Waals surface area contributed by atoms with Crippen molar-refractivity contribution in [2.75, 3.05) is 19.8 Å². The molecule has 6 nitrogen and oxygen atoms in total. The van der Waals surface area contributed by atoms with E-state index in [2.05, 4.69) is 0 Å². The number of aliphatic hydroxyl groups excluding tert-OH is 3. The van der Waals surface area contributed by atoms with Crippen molar-refractivity contribution in [2.45, 2.75) is 39.1 Å². The van der Waals surface area contributed by atoms with Gasteiger partial charge in [-0.3, -0.25) is 0 Å². The molecule has 0 saturated carbocycles. The average Bonchev–Trinajstić information content (AvgIpc) is 2.56. The van der Waals surface area contributed by atoms with Crippen LogP contribution in [-0.4, -0.2) is 53.5 Å². The number of fused-ring (bicyclic) bond motifs is 1. The topological polar surface area (TPSA) is 88.4 Å². The van der Waals surface area contributed by atoms with Crippen LogP contribution in [0.4, 0.5) is 0 Å². The van der Waals surface area contributed by atoms with Gasteiger partial charge in [-0.05, 0) is 39.0 Å². The molecule has 0 aliphatic carbocycles. The summed E-state index contributed by atoms with van der Waals surface area (Å²) in [7, 11) is 0. The third-order valence-corrected chi connectivity index (χ3v) is 3.36. The fraction of sp³-hybridized carbons (Fsp3) is 0.474. The number of hydrogen-bond acceptors (Lipinski definition) is 6. The molecule has 3 N–H and O–H groups in total. The molecule has 0 heterocycles. The van der Waals surface area contributed by atoms with Gasteiger partial charge in [-0.25, -0.2) is 0 Å². The van der Waals surface area contributed by atoms with Gasteiger partial charge in [-0.1, -0.05) is 12.1 Å². The molecular weight excluding hydrogens is 324 g/mol. The zero-order chi connectivity index (χ0) is 18.4. The Kier molecular flexibility index (Phi) is 6.87. The van der Waals surface area contributed by atoms with Gasteiger partial charge in [0.15, 0.2) is 0 Å². The molecule has 0 spiro atoms. The zero-order valence-corrected chi connectivity index (χ0v) is 14.8. The van der Waals surface area contributed by atoms with E-state index in [0.29, 0.717) is 22.6 Å². The summed E-state index contributed by atoms with van der Waals surface area (Å²) in [5, 5.41) is 29.9. The maximum absolute atomic E-state index is 9.49. The summed E-state index contributed by atoms with van der Waals surface area (Å²) in [6.07, 6.45) is -1.80. The predicted octanol–water partition coefficient (Wildman–Crippen LogP) is 2.12. The Morgan fingerprint density at radius 3 is 1.64 bits per heavy atom. The lowest BCUT2D eigenvalue weighted by molar-refractivity contribution is 0.119. The van der Waals surface area contributed by atoms with Gasteiger partial charge in [0.2, 0.25) is 0 Å².